The van der Waals surface area contributed by atoms with Gasteiger partial charge in [-0.25, -0.2) is 4.79 Å². The highest BCUT2D eigenvalue weighted by Gasteiger charge is 2.07. The van der Waals surface area contributed by atoms with Gasteiger partial charge in [0.05, 0.1) is 5.75 Å². The lowest BCUT2D eigenvalue weighted by atomic mass is 10.1. The van der Waals surface area contributed by atoms with Crippen LogP contribution in [0.5, 0.6) is 0 Å². The number of rotatable bonds is 4. The number of imide groups is 1. The highest BCUT2D eigenvalue weighted by atomic mass is 32.2. The van der Waals surface area contributed by atoms with Gasteiger partial charge in [-0.1, -0.05) is 6.07 Å². The van der Waals surface area contributed by atoms with Gasteiger partial charge < -0.3 is 5.32 Å². The van der Waals surface area contributed by atoms with Crippen LogP contribution in [0.1, 0.15) is 18.1 Å². The van der Waals surface area contributed by atoms with Crippen molar-refractivity contribution in [1.82, 2.24) is 10.6 Å². The molecule has 0 aliphatic rings. The van der Waals surface area contributed by atoms with Crippen molar-refractivity contribution >= 4 is 23.7 Å². The number of hydrogen-bond acceptors (Lipinski definition) is 3. The maximum atomic E-state index is 11.5. The summed E-state index contributed by atoms with van der Waals surface area (Å²) in [7, 11) is 0. The van der Waals surface area contributed by atoms with Gasteiger partial charge in [-0.2, -0.15) is 0 Å². The summed E-state index contributed by atoms with van der Waals surface area (Å²) in [6.45, 7) is 6.39. The van der Waals surface area contributed by atoms with Crippen LogP contribution in [0.3, 0.4) is 0 Å². The quantitative estimate of drug-likeness (QED) is 0.822. The van der Waals surface area contributed by atoms with Gasteiger partial charge in [-0.15, -0.1) is 11.8 Å². The minimum absolute atomic E-state index is 0.236. The van der Waals surface area contributed by atoms with E-state index in [1.807, 2.05) is 32.0 Å². The van der Waals surface area contributed by atoms with E-state index in [1.165, 1.54) is 22.9 Å². The maximum Gasteiger partial charge on any atom is 0.321 e. The molecule has 5 heteroatoms. The van der Waals surface area contributed by atoms with E-state index < -0.39 is 6.03 Å². The van der Waals surface area contributed by atoms with Gasteiger partial charge in [0.15, 0.2) is 0 Å². The van der Waals surface area contributed by atoms with E-state index >= 15 is 0 Å². The number of aryl methyl sites for hydroxylation is 2. The fraction of sp³-hybridized carbons (Fsp3) is 0.385. The van der Waals surface area contributed by atoms with Gasteiger partial charge in [-0.05, 0) is 44.0 Å². The molecular weight excluding hydrogens is 248 g/mol. The van der Waals surface area contributed by atoms with Gasteiger partial charge in [0.2, 0.25) is 5.91 Å². The minimum atomic E-state index is -0.441. The van der Waals surface area contributed by atoms with E-state index in [-0.39, 0.29) is 11.7 Å². The molecule has 0 atom stereocenters. The number of benzene rings is 1. The molecule has 0 heterocycles. The van der Waals surface area contributed by atoms with Crippen molar-refractivity contribution in [3.05, 3.63) is 29.3 Å². The first-order valence-corrected chi connectivity index (χ1v) is 6.79. The van der Waals surface area contributed by atoms with Gasteiger partial charge in [0.25, 0.3) is 0 Å². The SMILES string of the molecule is CCNC(=O)NC(=O)CSc1ccc(C)c(C)c1. The predicted molar refractivity (Wildman–Crippen MR) is 73.9 cm³/mol. The van der Waals surface area contributed by atoms with E-state index in [0.717, 1.165) is 4.90 Å². The second-order valence-electron chi connectivity index (χ2n) is 3.94. The molecule has 1 aromatic carbocycles. The van der Waals surface area contributed by atoms with Crippen LogP contribution in [-0.2, 0) is 4.79 Å². The maximum absolute atomic E-state index is 11.5. The third-order valence-corrected chi connectivity index (χ3v) is 3.43. The fourth-order valence-corrected chi connectivity index (χ4v) is 2.11. The second-order valence-corrected chi connectivity index (χ2v) is 4.99. The topological polar surface area (TPSA) is 58.2 Å². The molecule has 1 rings (SSSR count). The molecule has 3 amide bonds. The lowest BCUT2D eigenvalue weighted by Crippen LogP contribution is -2.40. The highest BCUT2D eigenvalue weighted by Crippen LogP contribution is 2.20. The molecule has 0 radical (unpaired) electrons. The molecule has 18 heavy (non-hydrogen) atoms. The Morgan fingerprint density at radius 1 is 1.22 bits per heavy atom. The van der Waals surface area contributed by atoms with E-state index in [9.17, 15) is 9.59 Å². The Balaban J connectivity index is 2.42. The Bertz CT molecular complexity index is 447. The molecule has 0 fully saturated rings. The van der Waals surface area contributed by atoms with E-state index in [1.54, 1.807) is 6.92 Å². The number of carbonyl (C=O) groups excluding carboxylic acids is 2. The monoisotopic (exact) mass is 266 g/mol. The van der Waals surface area contributed by atoms with Crippen LogP contribution in [0, 0.1) is 13.8 Å². The summed E-state index contributed by atoms with van der Waals surface area (Å²) in [4.78, 5) is 23.6. The molecule has 0 spiro atoms. The molecule has 0 saturated carbocycles. The average Bonchev–Trinajstić information content (AvgIpc) is 2.31. The molecule has 0 saturated heterocycles. The zero-order chi connectivity index (χ0) is 13.5. The molecule has 0 aliphatic heterocycles. The third kappa shape index (κ3) is 4.79. The average molecular weight is 266 g/mol. The zero-order valence-electron chi connectivity index (χ0n) is 10.9. The van der Waals surface area contributed by atoms with E-state index in [2.05, 4.69) is 10.6 Å². The van der Waals surface area contributed by atoms with Crippen molar-refractivity contribution in [3.63, 3.8) is 0 Å². The first-order valence-electron chi connectivity index (χ1n) is 5.80. The Hall–Kier alpha value is -1.49. The van der Waals surface area contributed by atoms with Gasteiger partial charge in [-0.3, -0.25) is 10.1 Å². The summed E-state index contributed by atoms with van der Waals surface area (Å²) in [5.41, 5.74) is 2.43. The Morgan fingerprint density at radius 3 is 2.56 bits per heavy atom. The summed E-state index contributed by atoms with van der Waals surface area (Å²) in [5, 5.41) is 4.78. The minimum Gasteiger partial charge on any atom is -0.338 e. The van der Waals surface area contributed by atoms with Gasteiger partial charge in [0.1, 0.15) is 0 Å². The summed E-state index contributed by atoms with van der Waals surface area (Å²) < 4.78 is 0. The van der Waals surface area contributed by atoms with Gasteiger partial charge >= 0.3 is 6.03 Å². The van der Waals surface area contributed by atoms with Crippen LogP contribution in [0.2, 0.25) is 0 Å². The van der Waals surface area contributed by atoms with Crippen molar-refractivity contribution < 1.29 is 9.59 Å². The van der Waals surface area contributed by atoms with Crippen LogP contribution in [0.4, 0.5) is 4.79 Å². The molecule has 0 unspecified atom stereocenters. The number of hydrogen-bond donors (Lipinski definition) is 2. The normalized spacial score (nSPS) is 9.94. The van der Waals surface area contributed by atoms with Crippen LogP contribution in [0.15, 0.2) is 23.1 Å². The summed E-state index contributed by atoms with van der Waals surface area (Å²) in [6.07, 6.45) is 0. The largest absolute Gasteiger partial charge is 0.338 e. The summed E-state index contributed by atoms with van der Waals surface area (Å²) in [5.74, 6) is -0.0520. The van der Waals surface area contributed by atoms with Crippen molar-refractivity contribution in [2.45, 2.75) is 25.7 Å². The number of carbonyl (C=O) groups is 2. The van der Waals surface area contributed by atoms with Crippen molar-refractivity contribution in [2.24, 2.45) is 0 Å². The first kappa shape index (κ1) is 14.6. The first-order chi connectivity index (χ1) is 8.52. The molecule has 1 aromatic rings. The van der Waals surface area contributed by atoms with Crippen molar-refractivity contribution in [3.8, 4) is 0 Å². The molecule has 0 bridgehead atoms. The standard InChI is InChI=1S/C13H18N2O2S/c1-4-14-13(17)15-12(16)8-18-11-6-5-9(2)10(3)7-11/h5-7H,4,8H2,1-3H3,(H2,14,15,16,17). The second kappa shape index (κ2) is 7.06. The van der Waals surface area contributed by atoms with Crippen LogP contribution >= 0.6 is 11.8 Å². The number of nitrogens with one attached hydrogen (secondary N) is 2. The fourth-order valence-electron chi connectivity index (χ4n) is 1.32. The lowest BCUT2D eigenvalue weighted by Gasteiger charge is -2.06. The van der Waals surface area contributed by atoms with Crippen molar-refractivity contribution in [1.29, 1.82) is 0 Å². The van der Waals surface area contributed by atoms with Crippen molar-refractivity contribution in [2.75, 3.05) is 12.3 Å². The number of amides is 3. The number of thioether (sulfide) groups is 1. The highest BCUT2D eigenvalue weighted by molar-refractivity contribution is 8.00. The Morgan fingerprint density at radius 2 is 1.94 bits per heavy atom. The molecule has 2 N–H and O–H groups in total. The molecule has 0 aliphatic carbocycles. The summed E-state index contributed by atoms with van der Waals surface area (Å²) in [6, 6.07) is 5.61. The van der Waals surface area contributed by atoms with Crippen LogP contribution < -0.4 is 10.6 Å². The Labute approximate surface area is 112 Å². The van der Waals surface area contributed by atoms with E-state index in [0.29, 0.717) is 6.54 Å². The number of urea groups is 1. The third-order valence-electron chi connectivity index (χ3n) is 2.44. The predicted octanol–water partition coefficient (Wildman–Crippen LogP) is 2.24. The zero-order valence-corrected chi connectivity index (χ0v) is 11.7. The molecular formula is C13H18N2O2S. The Kier molecular flexibility index (Phi) is 5.71. The smallest absolute Gasteiger partial charge is 0.321 e. The van der Waals surface area contributed by atoms with Crippen LogP contribution in [0.25, 0.3) is 0 Å². The van der Waals surface area contributed by atoms with Gasteiger partial charge in [0, 0.05) is 11.4 Å². The molecule has 0 aromatic heterocycles. The summed E-state index contributed by atoms with van der Waals surface area (Å²) >= 11 is 1.42. The molecule has 4 nitrogen and oxygen atoms in total. The lowest BCUT2D eigenvalue weighted by molar-refractivity contribution is -0.117. The van der Waals surface area contributed by atoms with E-state index in [4.69, 9.17) is 0 Å². The van der Waals surface area contributed by atoms with Crippen LogP contribution in [-0.4, -0.2) is 24.2 Å². The molecule has 98 valence electrons.